The van der Waals surface area contributed by atoms with E-state index in [0.717, 1.165) is 5.33 Å². The molecule has 4 heteroatoms. The number of methoxy groups -OCH3 is 1. The molecule has 14 heavy (non-hydrogen) atoms. The summed E-state index contributed by atoms with van der Waals surface area (Å²) < 4.78 is 10.0. The Morgan fingerprint density at radius 3 is 2.79 bits per heavy atom. The zero-order valence-corrected chi connectivity index (χ0v) is 10.2. The van der Waals surface area contributed by atoms with Crippen LogP contribution in [0, 0.1) is 0 Å². The predicted octanol–water partition coefficient (Wildman–Crippen LogP) is 2.30. The number of carbonyl (C=O) groups excluding carboxylic acids is 1. The van der Waals surface area contributed by atoms with Crippen molar-refractivity contribution in [1.29, 1.82) is 0 Å². The molecule has 0 aliphatic carbocycles. The number of carbonyl (C=O) groups is 1. The maximum absolute atomic E-state index is 10.9. The number of esters is 1. The van der Waals surface area contributed by atoms with Crippen molar-refractivity contribution >= 4 is 21.9 Å². The molecule has 0 heterocycles. The van der Waals surface area contributed by atoms with Gasteiger partial charge in [0.15, 0.2) is 0 Å². The van der Waals surface area contributed by atoms with Crippen molar-refractivity contribution in [2.75, 3.05) is 19.0 Å². The van der Waals surface area contributed by atoms with E-state index in [4.69, 9.17) is 4.74 Å². The summed E-state index contributed by atoms with van der Waals surface area (Å²) in [5, 5.41) is 0.805. The van der Waals surface area contributed by atoms with E-state index in [1.165, 1.54) is 7.11 Å². The average Bonchev–Trinajstić information content (AvgIpc) is 2.21. The second kappa shape index (κ2) is 9.21. The number of rotatable bonds is 7. The normalized spacial score (nSPS) is 13.1. The van der Waals surface area contributed by atoms with Crippen LogP contribution < -0.4 is 0 Å². The van der Waals surface area contributed by atoms with Gasteiger partial charge in [0.25, 0.3) is 0 Å². The van der Waals surface area contributed by atoms with Crippen LogP contribution in [0.4, 0.5) is 0 Å². The molecular formula is C10H17BrO3. The monoisotopic (exact) mass is 264 g/mol. The van der Waals surface area contributed by atoms with Crippen LogP contribution in [-0.4, -0.2) is 31.1 Å². The van der Waals surface area contributed by atoms with Crippen LogP contribution in [-0.2, 0) is 14.3 Å². The number of ether oxygens (including phenoxy) is 2. The average molecular weight is 265 g/mol. The fourth-order valence-electron chi connectivity index (χ4n) is 1.01. The highest BCUT2D eigenvalue weighted by Crippen LogP contribution is 2.05. The largest absolute Gasteiger partial charge is 0.469 e. The lowest BCUT2D eigenvalue weighted by Gasteiger charge is -2.12. The molecule has 0 spiro atoms. The fourth-order valence-corrected chi connectivity index (χ4v) is 1.19. The Labute approximate surface area is 93.6 Å². The van der Waals surface area contributed by atoms with E-state index in [2.05, 4.69) is 20.7 Å². The van der Waals surface area contributed by atoms with Crippen LogP contribution >= 0.6 is 15.9 Å². The topological polar surface area (TPSA) is 35.5 Å². The van der Waals surface area contributed by atoms with Crippen LogP contribution in [0.25, 0.3) is 0 Å². The highest BCUT2D eigenvalue weighted by molar-refractivity contribution is 9.09. The Hall–Kier alpha value is -0.350. The van der Waals surface area contributed by atoms with Gasteiger partial charge in [-0.1, -0.05) is 28.1 Å². The summed E-state index contributed by atoms with van der Waals surface area (Å²) in [6, 6.07) is 0. The Bertz CT molecular complexity index is 180. The van der Waals surface area contributed by atoms with Gasteiger partial charge in [0.2, 0.25) is 0 Å². The van der Waals surface area contributed by atoms with Gasteiger partial charge in [-0.25, -0.2) is 0 Å². The van der Waals surface area contributed by atoms with Crippen molar-refractivity contribution in [2.45, 2.75) is 25.9 Å². The van der Waals surface area contributed by atoms with Crippen molar-refractivity contribution in [1.82, 2.24) is 0 Å². The van der Waals surface area contributed by atoms with E-state index in [9.17, 15) is 4.79 Å². The molecule has 82 valence electrons. The third-order valence-electron chi connectivity index (χ3n) is 1.68. The van der Waals surface area contributed by atoms with E-state index in [1.807, 2.05) is 19.1 Å². The lowest BCUT2D eigenvalue weighted by Crippen LogP contribution is -2.14. The van der Waals surface area contributed by atoms with Gasteiger partial charge in [0.05, 0.1) is 19.8 Å². The number of hydrogen-bond acceptors (Lipinski definition) is 3. The number of hydrogen-bond donors (Lipinski definition) is 0. The van der Waals surface area contributed by atoms with Crippen molar-refractivity contribution in [3.8, 4) is 0 Å². The maximum Gasteiger partial charge on any atom is 0.305 e. The molecule has 0 rings (SSSR count). The van der Waals surface area contributed by atoms with Gasteiger partial charge in [-0.15, -0.1) is 0 Å². The molecule has 3 nitrogen and oxygen atoms in total. The zero-order valence-electron chi connectivity index (χ0n) is 8.66. The van der Waals surface area contributed by atoms with Gasteiger partial charge in [0.1, 0.15) is 0 Å². The highest BCUT2D eigenvalue weighted by atomic mass is 79.9. The summed E-state index contributed by atoms with van der Waals surface area (Å²) in [5.41, 5.74) is 0. The Balaban J connectivity index is 3.78. The molecule has 0 fully saturated rings. The van der Waals surface area contributed by atoms with E-state index in [-0.39, 0.29) is 12.1 Å². The molecular weight excluding hydrogens is 248 g/mol. The highest BCUT2D eigenvalue weighted by Gasteiger charge is 2.08. The second-order valence-corrected chi connectivity index (χ2v) is 3.53. The summed E-state index contributed by atoms with van der Waals surface area (Å²) in [7, 11) is 1.40. The van der Waals surface area contributed by atoms with Crippen molar-refractivity contribution in [3.05, 3.63) is 12.2 Å². The third kappa shape index (κ3) is 7.09. The van der Waals surface area contributed by atoms with Gasteiger partial charge >= 0.3 is 5.97 Å². The van der Waals surface area contributed by atoms with Crippen LogP contribution in [0.2, 0.25) is 0 Å². The Morgan fingerprint density at radius 1 is 1.57 bits per heavy atom. The van der Waals surface area contributed by atoms with Crippen molar-refractivity contribution in [3.63, 3.8) is 0 Å². The van der Waals surface area contributed by atoms with Crippen LogP contribution in [0.3, 0.4) is 0 Å². The van der Waals surface area contributed by atoms with E-state index < -0.39 is 0 Å². The molecule has 0 radical (unpaired) electrons. The van der Waals surface area contributed by atoms with Crippen LogP contribution in [0.1, 0.15) is 19.8 Å². The molecule has 0 N–H and O–H groups in total. The van der Waals surface area contributed by atoms with Crippen molar-refractivity contribution in [2.24, 2.45) is 0 Å². The smallest absolute Gasteiger partial charge is 0.305 e. The molecule has 0 amide bonds. The molecule has 0 aromatic carbocycles. The fraction of sp³-hybridized carbons (Fsp3) is 0.700. The molecule has 0 aliphatic heterocycles. The summed E-state index contributed by atoms with van der Waals surface area (Å²) in [6.45, 7) is 2.58. The third-order valence-corrected chi connectivity index (χ3v) is 2.00. The molecule has 0 aromatic heterocycles. The van der Waals surface area contributed by atoms with E-state index in [0.29, 0.717) is 19.4 Å². The van der Waals surface area contributed by atoms with Gasteiger partial charge in [-0.2, -0.15) is 0 Å². The molecule has 0 aliphatic rings. The molecule has 0 saturated heterocycles. The first-order valence-corrected chi connectivity index (χ1v) is 5.74. The maximum atomic E-state index is 10.9. The standard InChI is InChI=1S/C10H17BrO3/c1-3-4-9(14-8-7-11)5-6-10(12)13-2/h3-4,9H,5-8H2,1-2H3/b4-3+. The number of halogens is 1. The molecule has 1 unspecified atom stereocenters. The first kappa shape index (κ1) is 13.7. The van der Waals surface area contributed by atoms with Gasteiger partial charge < -0.3 is 9.47 Å². The minimum absolute atomic E-state index is 0.0108. The van der Waals surface area contributed by atoms with E-state index in [1.54, 1.807) is 0 Å². The number of alkyl halides is 1. The first-order chi connectivity index (χ1) is 6.74. The van der Waals surface area contributed by atoms with Crippen LogP contribution in [0.5, 0.6) is 0 Å². The minimum Gasteiger partial charge on any atom is -0.469 e. The zero-order chi connectivity index (χ0) is 10.8. The van der Waals surface area contributed by atoms with Gasteiger partial charge in [-0.05, 0) is 13.3 Å². The van der Waals surface area contributed by atoms with Gasteiger partial charge in [0, 0.05) is 11.8 Å². The number of allylic oxidation sites excluding steroid dienone is 1. The molecule has 0 bridgehead atoms. The lowest BCUT2D eigenvalue weighted by molar-refractivity contribution is -0.141. The van der Waals surface area contributed by atoms with Crippen LogP contribution in [0.15, 0.2) is 12.2 Å². The lowest BCUT2D eigenvalue weighted by atomic mass is 10.2. The first-order valence-electron chi connectivity index (χ1n) is 4.61. The molecule has 1 atom stereocenters. The minimum atomic E-state index is -0.193. The summed E-state index contributed by atoms with van der Waals surface area (Å²) >= 11 is 3.28. The SMILES string of the molecule is C/C=C/C(CCC(=O)OC)OCCBr. The Kier molecular flexibility index (Phi) is 8.98. The quantitative estimate of drug-likeness (QED) is 0.402. The van der Waals surface area contributed by atoms with Crippen molar-refractivity contribution < 1.29 is 14.3 Å². The van der Waals surface area contributed by atoms with Gasteiger partial charge in [-0.3, -0.25) is 4.79 Å². The molecule has 0 saturated carbocycles. The summed E-state index contributed by atoms with van der Waals surface area (Å²) in [4.78, 5) is 10.9. The molecule has 0 aromatic rings. The Morgan fingerprint density at radius 2 is 2.29 bits per heavy atom. The summed E-state index contributed by atoms with van der Waals surface area (Å²) in [5.74, 6) is -0.193. The second-order valence-electron chi connectivity index (χ2n) is 2.74. The predicted molar refractivity (Wildman–Crippen MR) is 59.6 cm³/mol. The van der Waals surface area contributed by atoms with E-state index >= 15 is 0 Å². The summed E-state index contributed by atoms with van der Waals surface area (Å²) in [6.07, 6.45) is 4.95.